The number of hydrogen-bond donors (Lipinski definition) is 1. The van der Waals surface area contributed by atoms with E-state index in [9.17, 15) is 0 Å². The Morgan fingerprint density at radius 2 is 2.31 bits per heavy atom. The maximum Gasteiger partial charge on any atom is 0.0596 e. The fourth-order valence-corrected chi connectivity index (χ4v) is 2.40. The second kappa shape index (κ2) is 4.55. The van der Waals surface area contributed by atoms with Crippen molar-refractivity contribution in [1.29, 1.82) is 0 Å². The molecule has 0 aromatic carbocycles. The highest BCUT2D eigenvalue weighted by Crippen LogP contribution is 2.23. The predicted molar refractivity (Wildman–Crippen MR) is 63.2 cm³/mol. The van der Waals surface area contributed by atoms with Crippen LogP contribution in [0.3, 0.4) is 0 Å². The lowest BCUT2D eigenvalue weighted by molar-refractivity contribution is 0.139. The lowest BCUT2D eigenvalue weighted by Crippen LogP contribution is -2.42. The van der Waals surface area contributed by atoms with Crippen molar-refractivity contribution in [1.82, 2.24) is 9.78 Å². The zero-order chi connectivity index (χ0) is 11.6. The average molecular weight is 223 g/mol. The molecule has 1 saturated heterocycles. The van der Waals surface area contributed by atoms with E-state index >= 15 is 0 Å². The van der Waals surface area contributed by atoms with E-state index in [1.165, 1.54) is 5.69 Å². The number of rotatable bonds is 2. The van der Waals surface area contributed by atoms with Crippen LogP contribution in [0.1, 0.15) is 30.7 Å². The van der Waals surface area contributed by atoms with E-state index in [0.717, 1.165) is 44.6 Å². The Bertz CT molecular complexity index is 351. The van der Waals surface area contributed by atoms with Crippen LogP contribution in [0.4, 0.5) is 0 Å². The van der Waals surface area contributed by atoms with Gasteiger partial charge in [0.15, 0.2) is 0 Å². The molecule has 1 aromatic heterocycles. The summed E-state index contributed by atoms with van der Waals surface area (Å²) in [5, 5.41) is 4.36. The lowest BCUT2D eigenvalue weighted by atomic mass is 9.87. The fourth-order valence-electron chi connectivity index (χ4n) is 2.40. The molecule has 2 heterocycles. The summed E-state index contributed by atoms with van der Waals surface area (Å²) in [6.07, 6.45) is 3.94. The largest absolute Gasteiger partial charge is 0.381 e. The molecule has 0 spiro atoms. The summed E-state index contributed by atoms with van der Waals surface area (Å²) in [4.78, 5) is 0. The molecule has 1 aromatic rings. The van der Waals surface area contributed by atoms with Gasteiger partial charge in [0.25, 0.3) is 0 Å². The standard InChI is InChI=1S/C12H21N3O/c1-10-8-11(15(2)14-10)9-12(13)4-3-6-16-7-5-12/h8H,3-7,9,13H2,1-2H3. The molecule has 16 heavy (non-hydrogen) atoms. The Hall–Kier alpha value is -0.870. The third-order valence-electron chi connectivity index (χ3n) is 3.34. The van der Waals surface area contributed by atoms with Crippen molar-refractivity contribution in [2.45, 2.75) is 38.1 Å². The summed E-state index contributed by atoms with van der Waals surface area (Å²) in [7, 11) is 1.99. The molecule has 90 valence electrons. The van der Waals surface area contributed by atoms with Gasteiger partial charge in [0, 0.05) is 37.9 Å². The van der Waals surface area contributed by atoms with E-state index < -0.39 is 0 Å². The van der Waals surface area contributed by atoms with Crippen LogP contribution in [-0.4, -0.2) is 28.5 Å². The van der Waals surface area contributed by atoms with Gasteiger partial charge in [-0.05, 0) is 32.3 Å². The number of hydrogen-bond acceptors (Lipinski definition) is 3. The predicted octanol–water partition coefficient (Wildman–Crippen LogP) is 1.17. The number of nitrogens with zero attached hydrogens (tertiary/aromatic N) is 2. The van der Waals surface area contributed by atoms with Crippen molar-refractivity contribution in [3.63, 3.8) is 0 Å². The van der Waals surface area contributed by atoms with Crippen molar-refractivity contribution < 1.29 is 4.74 Å². The highest BCUT2D eigenvalue weighted by atomic mass is 16.5. The Kier molecular flexibility index (Phi) is 3.30. The third kappa shape index (κ3) is 2.62. The van der Waals surface area contributed by atoms with Gasteiger partial charge >= 0.3 is 0 Å². The van der Waals surface area contributed by atoms with E-state index in [2.05, 4.69) is 11.2 Å². The number of nitrogens with two attached hydrogens (primary N) is 1. The van der Waals surface area contributed by atoms with Gasteiger partial charge in [0.2, 0.25) is 0 Å². The van der Waals surface area contributed by atoms with Crippen LogP contribution in [-0.2, 0) is 18.2 Å². The van der Waals surface area contributed by atoms with Gasteiger partial charge in [-0.25, -0.2) is 0 Å². The van der Waals surface area contributed by atoms with Gasteiger partial charge in [-0.15, -0.1) is 0 Å². The molecule has 1 aliphatic heterocycles. The Morgan fingerprint density at radius 1 is 1.50 bits per heavy atom. The fraction of sp³-hybridized carbons (Fsp3) is 0.750. The summed E-state index contributed by atoms with van der Waals surface area (Å²) in [5.41, 5.74) is 8.62. The number of ether oxygens (including phenoxy) is 1. The molecule has 1 fully saturated rings. The first-order valence-electron chi connectivity index (χ1n) is 5.95. The van der Waals surface area contributed by atoms with Crippen LogP contribution < -0.4 is 5.73 Å². The van der Waals surface area contributed by atoms with Crippen LogP contribution in [0.15, 0.2) is 6.07 Å². The summed E-state index contributed by atoms with van der Waals surface area (Å²) >= 11 is 0. The monoisotopic (exact) mass is 223 g/mol. The van der Waals surface area contributed by atoms with E-state index in [-0.39, 0.29) is 5.54 Å². The highest BCUT2D eigenvalue weighted by molar-refractivity contribution is 5.12. The maximum absolute atomic E-state index is 6.45. The molecule has 1 atom stereocenters. The molecular weight excluding hydrogens is 202 g/mol. The van der Waals surface area contributed by atoms with Crippen LogP contribution in [0, 0.1) is 6.92 Å². The molecule has 0 bridgehead atoms. The van der Waals surface area contributed by atoms with Crippen molar-refractivity contribution in [3.05, 3.63) is 17.5 Å². The minimum Gasteiger partial charge on any atom is -0.381 e. The van der Waals surface area contributed by atoms with Crippen LogP contribution in [0.2, 0.25) is 0 Å². The Morgan fingerprint density at radius 3 is 3.00 bits per heavy atom. The summed E-state index contributed by atoms with van der Waals surface area (Å²) in [6.45, 7) is 3.65. The van der Waals surface area contributed by atoms with Gasteiger partial charge in [-0.3, -0.25) is 4.68 Å². The van der Waals surface area contributed by atoms with Gasteiger partial charge in [0.05, 0.1) is 5.69 Å². The van der Waals surface area contributed by atoms with Crippen molar-refractivity contribution in [2.75, 3.05) is 13.2 Å². The SMILES string of the molecule is Cc1cc(CC2(N)CCCOCC2)n(C)n1. The molecule has 1 aliphatic rings. The summed E-state index contributed by atoms with van der Waals surface area (Å²) < 4.78 is 7.40. The molecule has 2 N–H and O–H groups in total. The second-order valence-electron chi connectivity index (χ2n) is 4.91. The first kappa shape index (κ1) is 11.6. The van der Waals surface area contributed by atoms with Crippen molar-refractivity contribution >= 4 is 0 Å². The highest BCUT2D eigenvalue weighted by Gasteiger charge is 2.28. The normalized spacial score (nSPS) is 26.7. The molecular formula is C12H21N3O. The van der Waals surface area contributed by atoms with Gasteiger partial charge in [0.1, 0.15) is 0 Å². The van der Waals surface area contributed by atoms with Crippen LogP contribution >= 0.6 is 0 Å². The number of aromatic nitrogens is 2. The van der Waals surface area contributed by atoms with E-state index in [1.54, 1.807) is 0 Å². The second-order valence-corrected chi connectivity index (χ2v) is 4.91. The first-order valence-corrected chi connectivity index (χ1v) is 5.95. The van der Waals surface area contributed by atoms with Gasteiger partial charge < -0.3 is 10.5 Å². The molecule has 0 radical (unpaired) electrons. The van der Waals surface area contributed by atoms with Gasteiger partial charge in [-0.1, -0.05) is 0 Å². The Labute approximate surface area is 96.8 Å². The topological polar surface area (TPSA) is 53.1 Å². The van der Waals surface area contributed by atoms with E-state index in [0.29, 0.717) is 0 Å². The number of aryl methyl sites for hydroxylation is 2. The molecule has 4 nitrogen and oxygen atoms in total. The lowest BCUT2D eigenvalue weighted by Gasteiger charge is -2.27. The third-order valence-corrected chi connectivity index (χ3v) is 3.34. The quantitative estimate of drug-likeness (QED) is 0.819. The zero-order valence-corrected chi connectivity index (χ0v) is 10.2. The van der Waals surface area contributed by atoms with Crippen LogP contribution in [0.25, 0.3) is 0 Å². The first-order chi connectivity index (χ1) is 7.59. The van der Waals surface area contributed by atoms with E-state index in [1.807, 2.05) is 18.7 Å². The minimum absolute atomic E-state index is 0.114. The molecule has 0 amide bonds. The average Bonchev–Trinajstić information content (AvgIpc) is 2.41. The summed E-state index contributed by atoms with van der Waals surface area (Å²) in [5.74, 6) is 0. The van der Waals surface area contributed by atoms with Gasteiger partial charge in [-0.2, -0.15) is 5.10 Å². The maximum atomic E-state index is 6.45. The summed E-state index contributed by atoms with van der Waals surface area (Å²) in [6, 6.07) is 2.13. The van der Waals surface area contributed by atoms with Crippen molar-refractivity contribution in [2.24, 2.45) is 12.8 Å². The van der Waals surface area contributed by atoms with Crippen molar-refractivity contribution in [3.8, 4) is 0 Å². The Balaban J connectivity index is 2.09. The van der Waals surface area contributed by atoms with E-state index in [4.69, 9.17) is 10.5 Å². The molecule has 4 heteroatoms. The smallest absolute Gasteiger partial charge is 0.0596 e. The molecule has 2 rings (SSSR count). The molecule has 0 aliphatic carbocycles. The molecule has 0 saturated carbocycles. The molecule has 1 unspecified atom stereocenters. The van der Waals surface area contributed by atoms with Crippen LogP contribution in [0.5, 0.6) is 0 Å². The zero-order valence-electron chi connectivity index (χ0n) is 10.2. The minimum atomic E-state index is -0.114.